The number of rotatable bonds is 4. The van der Waals surface area contributed by atoms with Gasteiger partial charge in [-0.05, 0) is 36.5 Å². The maximum atomic E-state index is 12.1. The smallest absolute Gasteiger partial charge is 0.316 e. The van der Waals surface area contributed by atoms with Crippen molar-refractivity contribution in [3.05, 3.63) is 28.5 Å². The summed E-state index contributed by atoms with van der Waals surface area (Å²) >= 11 is 6.04. The molecule has 1 aromatic rings. The molecule has 1 saturated carbocycles. The fourth-order valence-electron chi connectivity index (χ4n) is 2.89. The minimum atomic E-state index is -0.566. The van der Waals surface area contributed by atoms with Crippen molar-refractivity contribution in [2.24, 2.45) is 5.92 Å². The van der Waals surface area contributed by atoms with Gasteiger partial charge in [0.05, 0.1) is 24.8 Å². The molecule has 0 radical (unpaired) electrons. The third-order valence-corrected chi connectivity index (χ3v) is 3.86. The molecule has 0 aliphatic heterocycles. The van der Waals surface area contributed by atoms with Crippen LogP contribution in [0.25, 0.3) is 0 Å². The lowest BCUT2D eigenvalue weighted by Crippen LogP contribution is -2.47. The minimum absolute atomic E-state index is 0.198. The molecule has 0 unspecified atom stereocenters. The summed E-state index contributed by atoms with van der Waals surface area (Å²) in [6.45, 7) is 2.50. The fourth-order valence-corrected chi connectivity index (χ4v) is 3.12. The van der Waals surface area contributed by atoms with Crippen molar-refractivity contribution in [2.75, 3.05) is 14.2 Å². The predicted octanol–water partition coefficient (Wildman–Crippen LogP) is 2.72. The molecule has 104 valence electrons. The van der Waals surface area contributed by atoms with Crippen LogP contribution < -0.4 is 0 Å². The summed E-state index contributed by atoms with van der Waals surface area (Å²) in [5, 5.41) is 0.382. The van der Waals surface area contributed by atoms with Gasteiger partial charge in [0.1, 0.15) is 5.15 Å². The fraction of sp³-hybridized carbons (Fsp3) is 0.571. The number of hydrogen-bond acceptors (Lipinski definition) is 4. The highest BCUT2D eigenvalue weighted by atomic mass is 35.5. The molecular formula is C14H18ClNO3. The SMILES string of the molecule is COCc1cc(C2(C(=O)OC)CC(C)C2)cc(Cl)n1. The Hall–Kier alpha value is -1.13. The number of nitrogens with zero attached hydrogens (tertiary/aromatic N) is 1. The van der Waals surface area contributed by atoms with Crippen LogP contribution in [0.15, 0.2) is 12.1 Å². The zero-order valence-electron chi connectivity index (χ0n) is 11.4. The Balaban J connectivity index is 2.40. The molecule has 2 rings (SSSR count). The van der Waals surface area contributed by atoms with Gasteiger partial charge in [0.15, 0.2) is 0 Å². The van der Waals surface area contributed by atoms with E-state index in [4.69, 9.17) is 21.1 Å². The zero-order chi connectivity index (χ0) is 14.0. The maximum Gasteiger partial charge on any atom is 0.316 e. The number of aromatic nitrogens is 1. The molecule has 0 spiro atoms. The highest BCUT2D eigenvalue weighted by Gasteiger charge is 2.51. The summed E-state index contributed by atoms with van der Waals surface area (Å²) in [7, 11) is 3.02. The molecule has 0 N–H and O–H groups in total. The number of pyridine rings is 1. The lowest BCUT2D eigenvalue weighted by atomic mass is 9.59. The maximum absolute atomic E-state index is 12.1. The van der Waals surface area contributed by atoms with E-state index in [-0.39, 0.29) is 5.97 Å². The monoisotopic (exact) mass is 283 g/mol. The molecule has 5 heteroatoms. The average molecular weight is 284 g/mol. The van der Waals surface area contributed by atoms with Crippen LogP contribution in [0, 0.1) is 5.92 Å². The third-order valence-electron chi connectivity index (χ3n) is 3.66. The van der Waals surface area contributed by atoms with Gasteiger partial charge in [-0.1, -0.05) is 18.5 Å². The Morgan fingerprint density at radius 1 is 1.47 bits per heavy atom. The number of methoxy groups -OCH3 is 2. The van der Waals surface area contributed by atoms with Crippen LogP contribution in [-0.2, 0) is 26.3 Å². The van der Waals surface area contributed by atoms with E-state index in [1.54, 1.807) is 13.2 Å². The van der Waals surface area contributed by atoms with E-state index >= 15 is 0 Å². The van der Waals surface area contributed by atoms with Crippen molar-refractivity contribution in [1.29, 1.82) is 0 Å². The van der Waals surface area contributed by atoms with E-state index in [9.17, 15) is 4.79 Å². The molecule has 0 saturated heterocycles. The molecule has 4 nitrogen and oxygen atoms in total. The number of hydrogen-bond donors (Lipinski definition) is 0. The van der Waals surface area contributed by atoms with Crippen LogP contribution in [0.3, 0.4) is 0 Å². The molecular weight excluding hydrogens is 266 g/mol. The molecule has 1 heterocycles. The van der Waals surface area contributed by atoms with E-state index < -0.39 is 5.41 Å². The standard InChI is InChI=1S/C14H18ClNO3/c1-9-6-14(7-9,13(17)19-3)10-4-11(8-18-2)16-12(15)5-10/h4-5,9H,6-8H2,1-3H3. The van der Waals surface area contributed by atoms with Gasteiger partial charge < -0.3 is 9.47 Å². The van der Waals surface area contributed by atoms with Gasteiger partial charge in [0.2, 0.25) is 0 Å². The second-order valence-electron chi connectivity index (χ2n) is 5.19. The van der Waals surface area contributed by atoms with Gasteiger partial charge in [0.25, 0.3) is 0 Å². The zero-order valence-corrected chi connectivity index (χ0v) is 12.2. The normalized spacial score (nSPS) is 25.8. The minimum Gasteiger partial charge on any atom is -0.468 e. The first-order chi connectivity index (χ1) is 9.01. The number of ether oxygens (including phenoxy) is 2. The van der Waals surface area contributed by atoms with E-state index in [2.05, 4.69) is 11.9 Å². The van der Waals surface area contributed by atoms with Crippen LogP contribution in [0.4, 0.5) is 0 Å². The van der Waals surface area contributed by atoms with Crippen molar-refractivity contribution in [1.82, 2.24) is 4.98 Å². The molecule has 1 aliphatic rings. The molecule has 0 bridgehead atoms. The second kappa shape index (κ2) is 5.47. The summed E-state index contributed by atoms with van der Waals surface area (Å²) in [4.78, 5) is 16.3. The van der Waals surface area contributed by atoms with Crippen molar-refractivity contribution < 1.29 is 14.3 Å². The molecule has 0 amide bonds. The van der Waals surface area contributed by atoms with E-state index in [1.165, 1.54) is 7.11 Å². The van der Waals surface area contributed by atoms with Gasteiger partial charge >= 0.3 is 5.97 Å². The van der Waals surface area contributed by atoms with E-state index in [0.717, 1.165) is 24.1 Å². The van der Waals surface area contributed by atoms with E-state index in [0.29, 0.717) is 17.7 Å². The molecule has 0 atom stereocenters. The lowest BCUT2D eigenvalue weighted by molar-refractivity contribution is -0.153. The molecule has 19 heavy (non-hydrogen) atoms. The highest BCUT2D eigenvalue weighted by molar-refractivity contribution is 6.29. The number of carbonyl (C=O) groups is 1. The summed E-state index contributed by atoms with van der Waals surface area (Å²) in [5.41, 5.74) is 1.04. The number of carbonyl (C=O) groups excluding carboxylic acids is 1. The van der Waals surface area contributed by atoms with E-state index in [1.807, 2.05) is 6.07 Å². The molecule has 0 aromatic carbocycles. The lowest BCUT2D eigenvalue weighted by Gasteiger charge is -2.44. The highest BCUT2D eigenvalue weighted by Crippen LogP contribution is 2.48. The first-order valence-electron chi connectivity index (χ1n) is 6.26. The molecule has 1 aliphatic carbocycles. The quantitative estimate of drug-likeness (QED) is 0.630. The third kappa shape index (κ3) is 2.60. The Kier molecular flexibility index (Phi) is 4.11. The Bertz CT molecular complexity index is 484. The van der Waals surface area contributed by atoms with Crippen molar-refractivity contribution in [3.63, 3.8) is 0 Å². The van der Waals surface area contributed by atoms with Gasteiger partial charge in [-0.15, -0.1) is 0 Å². The summed E-state index contributed by atoms with van der Waals surface area (Å²) in [6.07, 6.45) is 1.57. The Morgan fingerprint density at radius 3 is 2.68 bits per heavy atom. The first kappa shape index (κ1) is 14.3. The van der Waals surface area contributed by atoms with Crippen molar-refractivity contribution >= 4 is 17.6 Å². The average Bonchev–Trinajstić information content (AvgIpc) is 2.33. The van der Waals surface area contributed by atoms with Gasteiger partial charge in [0, 0.05) is 7.11 Å². The van der Waals surface area contributed by atoms with Gasteiger partial charge in [-0.2, -0.15) is 0 Å². The summed E-state index contributed by atoms with van der Waals surface area (Å²) < 4.78 is 10.0. The second-order valence-corrected chi connectivity index (χ2v) is 5.58. The van der Waals surface area contributed by atoms with Crippen molar-refractivity contribution in [2.45, 2.75) is 31.8 Å². The van der Waals surface area contributed by atoms with Crippen LogP contribution >= 0.6 is 11.6 Å². The summed E-state index contributed by atoms with van der Waals surface area (Å²) in [6, 6.07) is 3.64. The van der Waals surface area contributed by atoms with Crippen molar-refractivity contribution in [3.8, 4) is 0 Å². The number of halogens is 1. The van der Waals surface area contributed by atoms with Crippen LogP contribution in [0.1, 0.15) is 31.0 Å². The van der Waals surface area contributed by atoms with Crippen LogP contribution in [-0.4, -0.2) is 25.2 Å². The number of esters is 1. The predicted molar refractivity (Wildman–Crippen MR) is 72.1 cm³/mol. The molecule has 1 aromatic heterocycles. The molecule has 1 fully saturated rings. The van der Waals surface area contributed by atoms with Crippen LogP contribution in [0.5, 0.6) is 0 Å². The van der Waals surface area contributed by atoms with Gasteiger partial charge in [-0.25, -0.2) is 4.98 Å². The first-order valence-corrected chi connectivity index (χ1v) is 6.64. The Morgan fingerprint density at radius 2 is 2.16 bits per heavy atom. The topological polar surface area (TPSA) is 48.4 Å². The largest absolute Gasteiger partial charge is 0.468 e. The van der Waals surface area contributed by atoms with Crippen LogP contribution in [0.2, 0.25) is 5.15 Å². The summed E-state index contributed by atoms with van der Waals surface area (Å²) in [5.74, 6) is 0.313. The Labute approximate surface area is 118 Å². The van der Waals surface area contributed by atoms with Gasteiger partial charge in [-0.3, -0.25) is 4.79 Å².